The van der Waals surface area contributed by atoms with Crippen molar-refractivity contribution in [3.63, 3.8) is 0 Å². The Bertz CT molecular complexity index is 468. The Kier molecular flexibility index (Phi) is 2.23. The molecule has 5 heteroatoms. The molecule has 2 bridgehead atoms. The van der Waals surface area contributed by atoms with E-state index >= 15 is 0 Å². The maximum Gasteiger partial charge on any atom is 0.146 e. The van der Waals surface area contributed by atoms with E-state index in [4.69, 9.17) is 16.9 Å². The molecule has 0 aromatic carbocycles. The van der Waals surface area contributed by atoms with Gasteiger partial charge in [-0.1, -0.05) is 11.6 Å². The molecule has 2 fully saturated rings. The van der Waals surface area contributed by atoms with E-state index in [9.17, 15) is 0 Å². The minimum Gasteiger partial charge on any atom is -0.364 e. The summed E-state index contributed by atoms with van der Waals surface area (Å²) in [5, 5.41) is 12.6. The number of halogens is 1. The molecular formula is C11H11ClN4. The Hall–Kier alpha value is -1.31. The first-order valence-electron chi connectivity index (χ1n) is 5.33. The van der Waals surface area contributed by atoms with Gasteiger partial charge in [0, 0.05) is 25.2 Å². The summed E-state index contributed by atoms with van der Waals surface area (Å²) < 4.78 is 0. The quantitative estimate of drug-likeness (QED) is 0.741. The van der Waals surface area contributed by atoms with Crippen molar-refractivity contribution >= 4 is 17.3 Å². The number of nitriles is 1. The summed E-state index contributed by atoms with van der Waals surface area (Å²) in [5.41, 5.74) is 1.46. The second kappa shape index (κ2) is 3.62. The Morgan fingerprint density at radius 3 is 3.12 bits per heavy atom. The van der Waals surface area contributed by atoms with Crippen LogP contribution in [-0.2, 0) is 0 Å². The third-order valence-electron chi connectivity index (χ3n) is 3.33. The van der Waals surface area contributed by atoms with Gasteiger partial charge in [0.25, 0.3) is 0 Å². The number of nitrogens with zero attached hydrogens (tertiary/aromatic N) is 3. The number of hydrogen-bond donors (Lipinski definition) is 1. The highest BCUT2D eigenvalue weighted by Gasteiger charge is 2.37. The fourth-order valence-electron chi connectivity index (χ4n) is 2.55. The summed E-state index contributed by atoms with van der Waals surface area (Å²) >= 11 is 5.82. The largest absolute Gasteiger partial charge is 0.364 e. The maximum absolute atomic E-state index is 8.91. The van der Waals surface area contributed by atoms with Gasteiger partial charge in [-0.05, 0) is 12.5 Å². The van der Waals surface area contributed by atoms with E-state index in [1.165, 1.54) is 6.42 Å². The predicted molar refractivity (Wildman–Crippen MR) is 61.5 cm³/mol. The maximum atomic E-state index is 8.91. The van der Waals surface area contributed by atoms with Crippen LogP contribution >= 0.6 is 11.6 Å². The van der Waals surface area contributed by atoms with E-state index in [1.807, 2.05) is 6.07 Å². The van der Waals surface area contributed by atoms with Crippen molar-refractivity contribution in [1.82, 2.24) is 10.3 Å². The summed E-state index contributed by atoms with van der Waals surface area (Å²) in [4.78, 5) is 6.37. The Morgan fingerprint density at radius 1 is 1.62 bits per heavy atom. The summed E-state index contributed by atoms with van der Waals surface area (Å²) in [6.45, 7) is 2.02. The highest BCUT2D eigenvalue weighted by Crippen LogP contribution is 2.30. The fraction of sp³-hybridized carbons (Fsp3) is 0.455. The van der Waals surface area contributed by atoms with Crippen molar-refractivity contribution in [1.29, 1.82) is 5.26 Å². The van der Waals surface area contributed by atoms with Gasteiger partial charge in [-0.3, -0.25) is 0 Å². The number of piperazine rings is 1. The molecule has 2 aliphatic rings. The second-order valence-electron chi connectivity index (χ2n) is 4.29. The number of rotatable bonds is 1. The molecule has 16 heavy (non-hydrogen) atoms. The standard InChI is InChI=1S/C11H11ClN4/c12-11-7(3-13)1-9(5-15-11)16-6-8-2-10(16)4-14-8/h1,5,8,10,14H,2,4,6H2/t8-,10-/m0/s1. The van der Waals surface area contributed by atoms with Crippen molar-refractivity contribution in [2.24, 2.45) is 0 Å². The zero-order valence-electron chi connectivity index (χ0n) is 8.65. The number of hydrogen-bond acceptors (Lipinski definition) is 4. The lowest BCUT2D eigenvalue weighted by Gasteiger charge is -2.29. The molecule has 0 aliphatic carbocycles. The van der Waals surface area contributed by atoms with Crippen LogP contribution in [0, 0.1) is 11.3 Å². The first-order chi connectivity index (χ1) is 7.78. The van der Waals surface area contributed by atoms with Crippen LogP contribution in [0.25, 0.3) is 0 Å². The molecule has 0 unspecified atom stereocenters. The molecule has 1 N–H and O–H groups in total. The normalized spacial score (nSPS) is 27.1. The molecule has 82 valence electrons. The third kappa shape index (κ3) is 1.44. The molecule has 2 aliphatic heterocycles. The molecule has 2 saturated heterocycles. The predicted octanol–water partition coefficient (Wildman–Crippen LogP) is 1.16. The fourth-order valence-corrected chi connectivity index (χ4v) is 2.70. The summed E-state index contributed by atoms with van der Waals surface area (Å²) in [7, 11) is 0. The zero-order valence-corrected chi connectivity index (χ0v) is 9.41. The number of pyridine rings is 1. The van der Waals surface area contributed by atoms with Crippen LogP contribution in [0.3, 0.4) is 0 Å². The van der Waals surface area contributed by atoms with E-state index in [0.29, 0.717) is 17.6 Å². The molecule has 1 aromatic rings. The van der Waals surface area contributed by atoms with Gasteiger partial charge in [-0.2, -0.15) is 5.26 Å². The Labute approximate surface area is 98.8 Å². The van der Waals surface area contributed by atoms with Crippen LogP contribution in [0.5, 0.6) is 0 Å². The van der Waals surface area contributed by atoms with E-state index in [-0.39, 0.29) is 5.15 Å². The van der Waals surface area contributed by atoms with Gasteiger partial charge in [0.15, 0.2) is 0 Å². The topological polar surface area (TPSA) is 52.0 Å². The number of aromatic nitrogens is 1. The molecule has 3 heterocycles. The van der Waals surface area contributed by atoms with Gasteiger partial charge in [0.1, 0.15) is 11.2 Å². The Balaban J connectivity index is 1.93. The van der Waals surface area contributed by atoms with Gasteiger partial charge in [-0.25, -0.2) is 4.98 Å². The lowest BCUT2D eigenvalue weighted by atomic mass is 10.2. The molecule has 2 atom stereocenters. The first kappa shape index (κ1) is 9.88. The average molecular weight is 235 g/mol. The summed E-state index contributed by atoms with van der Waals surface area (Å²) in [5.74, 6) is 0. The lowest BCUT2D eigenvalue weighted by molar-refractivity contribution is 0.579. The van der Waals surface area contributed by atoms with Gasteiger partial charge in [-0.15, -0.1) is 0 Å². The van der Waals surface area contributed by atoms with Crippen LogP contribution in [0.15, 0.2) is 12.3 Å². The molecule has 0 radical (unpaired) electrons. The van der Waals surface area contributed by atoms with Gasteiger partial charge >= 0.3 is 0 Å². The van der Waals surface area contributed by atoms with E-state index in [0.717, 1.165) is 18.8 Å². The van der Waals surface area contributed by atoms with Crippen LogP contribution < -0.4 is 10.2 Å². The second-order valence-corrected chi connectivity index (χ2v) is 4.65. The van der Waals surface area contributed by atoms with Crippen LogP contribution in [0.1, 0.15) is 12.0 Å². The van der Waals surface area contributed by atoms with Crippen LogP contribution in [0.4, 0.5) is 5.69 Å². The third-order valence-corrected chi connectivity index (χ3v) is 3.63. The summed E-state index contributed by atoms with van der Waals surface area (Å²) in [6, 6.07) is 5.03. The van der Waals surface area contributed by atoms with Crippen molar-refractivity contribution in [2.45, 2.75) is 18.5 Å². The monoisotopic (exact) mass is 234 g/mol. The van der Waals surface area contributed by atoms with E-state index in [2.05, 4.69) is 21.3 Å². The molecule has 0 amide bonds. The van der Waals surface area contributed by atoms with Crippen molar-refractivity contribution in [2.75, 3.05) is 18.0 Å². The zero-order chi connectivity index (χ0) is 11.1. The first-order valence-corrected chi connectivity index (χ1v) is 5.71. The molecule has 4 nitrogen and oxygen atoms in total. The molecule has 0 spiro atoms. The molecule has 3 rings (SSSR count). The van der Waals surface area contributed by atoms with E-state index in [1.54, 1.807) is 6.20 Å². The molecule has 0 saturated carbocycles. The smallest absolute Gasteiger partial charge is 0.146 e. The lowest BCUT2D eigenvalue weighted by Crippen LogP contribution is -2.43. The highest BCUT2D eigenvalue weighted by molar-refractivity contribution is 6.30. The number of fused-ring (bicyclic) bond motifs is 2. The summed E-state index contributed by atoms with van der Waals surface area (Å²) in [6.07, 6.45) is 2.94. The van der Waals surface area contributed by atoms with Gasteiger partial charge < -0.3 is 10.2 Å². The Morgan fingerprint density at radius 2 is 2.50 bits per heavy atom. The molecule has 1 aromatic heterocycles. The minimum atomic E-state index is 0.286. The van der Waals surface area contributed by atoms with Crippen LogP contribution in [-0.4, -0.2) is 30.2 Å². The van der Waals surface area contributed by atoms with Crippen molar-refractivity contribution in [3.05, 3.63) is 23.0 Å². The highest BCUT2D eigenvalue weighted by atomic mass is 35.5. The van der Waals surface area contributed by atoms with Crippen LogP contribution in [0.2, 0.25) is 5.15 Å². The van der Waals surface area contributed by atoms with Crippen molar-refractivity contribution in [3.8, 4) is 6.07 Å². The minimum absolute atomic E-state index is 0.286. The number of nitrogens with one attached hydrogen (secondary N) is 1. The SMILES string of the molecule is N#Cc1cc(N2C[C@@H]3C[C@H]2CN3)cnc1Cl. The molecular weight excluding hydrogens is 224 g/mol. The number of anilines is 1. The average Bonchev–Trinajstić information content (AvgIpc) is 2.91. The van der Waals surface area contributed by atoms with Gasteiger partial charge in [0.2, 0.25) is 0 Å². The van der Waals surface area contributed by atoms with E-state index < -0.39 is 0 Å². The van der Waals surface area contributed by atoms with Gasteiger partial charge in [0.05, 0.1) is 17.4 Å². The van der Waals surface area contributed by atoms with Crippen molar-refractivity contribution < 1.29 is 0 Å².